The summed E-state index contributed by atoms with van der Waals surface area (Å²) < 4.78 is 0. The molecule has 2 amide bonds. The minimum atomic E-state index is -0.367. The number of hydrogen-bond acceptors (Lipinski definition) is 3. The second-order valence-electron chi connectivity index (χ2n) is 3.46. The van der Waals surface area contributed by atoms with E-state index in [1.165, 1.54) is 0 Å². The van der Waals surface area contributed by atoms with E-state index in [9.17, 15) is 9.59 Å². The van der Waals surface area contributed by atoms with Crippen molar-refractivity contribution in [2.24, 2.45) is 5.73 Å². The van der Waals surface area contributed by atoms with Crippen LogP contribution in [0.15, 0.2) is 18.2 Å². The third-order valence-corrected chi connectivity index (χ3v) is 2.50. The lowest BCUT2D eigenvalue weighted by Gasteiger charge is -2.12. The molecule has 18 heavy (non-hydrogen) atoms. The Balaban J connectivity index is 2.89. The highest BCUT2D eigenvalue weighted by molar-refractivity contribution is 6.31. The molecule has 0 saturated heterocycles. The number of nitrogens with one attached hydrogen (secondary N) is 2. The summed E-state index contributed by atoms with van der Waals surface area (Å²) >= 11 is 11.2. The number of hydrogen-bond donors (Lipinski definition) is 3. The molecule has 0 aliphatic heterocycles. The van der Waals surface area contributed by atoms with Crippen LogP contribution in [0.4, 0.5) is 11.4 Å². The van der Waals surface area contributed by atoms with Crippen LogP contribution in [0.3, 0.4) is 0 Å². The fourth-order valence-corrected chi connectivity index (χ4v) is 1.50. The van der Waals surface area contributed by atoms with Gasteiger partial charge in [-0.3, -0.25) is 9.59 Å². The zero-order valence-corrected chi connectivity index (χ0v) is 11.0. The highest BCUT2D eigenvalue weighted by Gasteiger charge is 2.09. The number of nitrogens with two attached hydrogens (primary N) is 1. The lowest BCUT2D eigenvalue weighted by molar-refractivity contribution is -0.116. The normalized spacial score (nSPS) is 9.94. The van der Waals surface area contributed by atoms with Crippen LogP contribution in [0.25, 0.3) is 0 Å². The van der Waals surface area contributed by atoms with E-state index in [0.29, 0.717) is 16.4 Å². The summed E-state index contributed by atoms with van der Waals surface area (Å²) in [5.41, 5.74) is 6.14. The van der Waals surface area contributed by atoms with Gasteiger partial charge in [-0.25, -0.2) is 0 Å². The van der Waals surface area contributed by atoms with Gasteiger partial charge < -0.3 is 16.4 Å². The van der Waals surface area contributed by atoms with Crippen LogP contribution in [0.2, 0.25) is 5.02 Å². The number of anilines is 2. The highest BCUT2D eigenvalue weighted by Crippen LogP contribution is 2.26. The molecule has 0 atom stereocenters. The van der Waals surface area contributed by atoms with Crippen molar-refractivity contribution in [1.29, 1.82) is 0 Å². The van der Waals surface area contributed by atoms with Gasteiger partial charge in [0, 0.05) is 18.0 Å². The van der Waals surface area contributed by atoms with Crippen molar-refractivity contribution in [2.45, 2.75) is 6.42 Å². The van der Waals surface area contributed by atoms with Crippen LogP contribution in [0.1, 0.15) is 6.42 Å². The second-order valence-corrected chi connectivity index (χ2v) is 4.16. The molecule has 0 aliphatic rings. The monoisotopic (exact) mass is 289 g/mol. The first kappa shape index (κ1) is 14.8. The van der Waals surface area contributed by atoms with E-state index in [2.05, 4.69) is 10.6 Å². The molecule has 5 nitrogen and oxygen atoms in total. The number of amides is 2. The van der Waals surface area contributed by atoms with E-state index in [1.807, 2.05) is 0 Å². The number of rotatable bonds is 5. The number of alkyl halides is 1. The average molecular weight is 290 g/mol. The van der Waals surface area contributed by atoms with Gasteiger partial charge in [-0.05, 0) is 18.2 Å². The molecule has 1 rings (SSSR count). The topological polar surface area (TPSA) is 84.2 Å². The molecule has 0 aromatic heterocycles. The maximum atomic E-state index is 11.5. The van der Waals surface area contributed by atoms with E-state index < -0.39 is 0 Å². The average Bonchev–Trinajstić information content (AvgIpc) is 2.32. The van der Waals surface area contributed by atoms with Crippen LogP contribution >= 0.6 is 23.2 Å². The van der Waals surface area contributed by atoms with Crippen molar-refractivity contribution >= 4 is 46.4 Å². The van der Waals surface area contributed by atoms with Gasteiger partial charge in [0.05, 0.1) is 11.4 Å². The zero-order valence-electron chi connectivity index (χ0n) is 9.50. The van der Waals surface area contributed by atoms with Gasteiger partial charge >= 0.3 is 0 Å². The maximum Gasteiger partial charge on any atom is 0.239 e. The lowest BCUT2D eigenvalue weighted by atomic mass is 10.2. The van der Waals surface area contributed by atoms with E-state index in [1.54, 1.807) is 18.2 Å². The fourth-order valence-electron chi connectivity index (χ4n) is 1.26. The van der Waals surface area contributed by atoms with Crippen molar-refractivity contribution in [2.75, 3.05) is 23.1 Å². The smallest absolute Gasteiger partial charge is 0.239 e. The summed E-state index contributed by atoms with van der Waals surface area (Å²) in [5, 5.41) is 5.63. The Kier molecular flexibility index (Phi) is 5.91. The Labute approximate surface area is 115 Å². The summed E-state index contributed by atoms with van der Waals surface area (Å²) in [6.07, 6.45) is 0.190. The molecule has 0 saturated carbocycles. The van der Waals surface area contributed by atoms with Crippen molar-refractivity contribution in [3.63, 3.8) is 0 Å². The van der Waals surface area contributed by atoms with E-state index in [0.717, 1.165) is 0 Å². The zero-order chi connectivity index (χ0) is 13.5. The summed E-state index contributed by atoms with van der Waals surface area (Å²) in [5.74, 6) is -0.784. The van der Waals surface area contributed by atoms with Gasteiger partial charge in [-0.15, -0.1) is 11.6 Å². The summed E-state index contributed by atoms with van der Waals surface area (Å²) in [4.78, 5) is 22.7. The molecule has 1 aromatic rings. The third-order valence-electron chi connectivity index (χ3n) is 2.02. The van der Waals surface area contributed by atoms with Gasteiger partial charge in [0.25, 0.3) is 0 Å². The third kappa shape index (κ3) is 4.52. The Hall–Kier alpha value is -1.30. The molecular weight excluding hydrogens is 277 g/mol. The van der Waals surface area contributed by atoms with Gasteiger partial charge in [-0.2, -0.15) is 0 Å². The highest BCUT2D eigenvalue weighted by atomic mass is 35.5. The molecule has 0 radical (unpaired) electrons. The van der Waals surface area contributed by atoms with Crippen molar-refractivity contribution in [1.82, 2.24) is 0 Å². The molecule has 98 valence electrons. The Morgan fingerprint density at radius 2 is 1.83 bits per heavy atom. The summed E-state index contributed by atoms with van der Waals surface area (Å²) in [7, 11) is 0. The number of carbonyl (C=O) groups excluding carboxylic acids is 2. The van der Waals surface area contributed by atoms with Crippen LogP contribution < -0.4 is 16.4 Å². The van der Waals surface area contributed by atoms with E-state index in [4.69, 9.17) is 28.9 Å². The summed E-state index contributed by atoms with van der Waals surface area (Å²) in [6, 6.07) is 4.73. The molecule has 0 aliphatic carbocycles. The predicted molar refractivity (Wildman–Crippen MR) is 73.1 cm³/mol. The Morgan fingerprint density at radius 1 is 1.17 bits per heavy atom. The van der Waals surface area contributed by atoms with Crippen molar-refractivity contribution in [3.05, 3.63) is 23.2 Å². The van der Waals surface area contributed by atoms with Gasteiger partial charge in [0.1, 0.15) is 5.88 Å². The van der Waals surface area contributed by atoms with Crippen LogP contribution in [0, 0.1) is 0 Å². The van der Waals surface area contributed by atoms with Crippen molar-refractivity contribution < 1.29 is 9.59 Å². The SMILES string of the molecule is NCCC(=O)Nc1cc(Cl)ccc1NC(=O)CCl. The van der Waals surface area contributed by atoms with Gasteiger partial charge in [0.15, 0.2) is 0 Å². The molecule has 0 spiro atoms. The van der Waals surface area contributed by atoms with Crippen LogP contribution in [-0.4, -0.2) is 24.2 Å². The molecule has 7 heteroatoms. The predicted octanol–water partition coefficient (Wildman–Crippen LogP) is 1.80. The van der Waals surface area contributed by atoms with E-state index >= 15 is 0 Å². The largest absolute Gasteiger partial charge is 0.330 e. The molecular formula is C11H13Cl2N3O2. The molecule has 1 aromatic carbocycles. The maximum absolute atomic E-state index is 11.5. The number of benzene rings is 1. The van der Waals surface area contributed by atoms with E-state index in [-0.39, 0.29) is 30.7 Å². The number of carbonyl (C=O) groups is 2. The Bertz CT molecular complexity index is 452. The first-order valence-electron chi connectivity index (χ1n) is 5.22. The minimum Gasteiger partial charge on any atom is -0.330 e. The number of halogens is 2. The molecule has 0 fully saturated rings. The first-order chi connectivity index (χ1) is 8.56. The molecule has 0 bridgehead atoms. The summed E-state index contributed by atoms with van der Waals surface area (Å²) in [6.45, 7) is 0.246. The van der Waals surface area contributed by atoms with Crippen LogP contribution in [0.5, 0.6) is 0 Å². The molecule has 0 unspecified atom stereocenters. The molecule has 4 N–H and O–H groups in total. The lowest BCUT2D eigenvalue weighted by Crippen LogP contribution is -2.19. The fraction of sp³-hybridized carbons (Fsp3) is 0.273. The minimum absolute atomic E-state index is 0.168. The molecule has 0 heterocycles. The first-order valence-corrected chi connectivity index (χ1v) is 6.13. The Morgan fingerprint density at radius 3 is 2.44 bits per heavy atom. The van der Waals surface area contributed by atoms with Crippen molar-refractivity contribution in [3.8, 4) is 0 Å². The van der Waals surface area contributed by atoms with Gasteiger partial charge in [0.2, 0.25) is 11.8 Å². The standard InChI is InChI=1S/C11H13Cl2N3O2/c12-6-11(18)15-8-2-1-7(13)5-9(8)16-10(17)3-4-14/h1-2,5H,3-4,6,14H2,(H,15,18)(H,16,17). The quantitative estimate of drug-likeness (QED) is 0.723. The van der Waals surface area contributed by atoms with Gasteiger partial charge in [-0.1, -0.05) is 11.6 Å². The second kappa shape index (κ2) is 7.20. The van der Waals surface area contributed by atoms with Crippen LogP contribution in [-0.2, 0) is 9.59 Å².